The lowest BCUT2D eigenvalue weighted by atomic mass is 9.88. The molecule has 0 N–H and O–H groups in total. The summed E-state index contributed by atoms with van der Waals surface area (Å²) < 4.78 is 2.51. The summed E-state index contributed by atoms with van der Waals surface area (Å²) in [6.07, 6.45) is 0. The van der Waals surface area contributed by atoms with Crippen molar-refractivity contribution >= 4 is 81.3 Å². The molecule has 3 heterocycles. The number of hydrogen-bond donors (Lipinski definition) is 0. The van der Waals surface area contributed by atoms with Crippen LogP contribution < -0.4 is 4.90 Å². The fourth-order valence-corrected chi connectivity index (χ4v) is 8.26. The highest BCUT2D eigenvalue weighted by molar-refractivity contribution is 7.26. The Hall–Kier alpha value is -5.58. The third-order valence-electron chi connectivity index (χ3n) is 8.96. The highest BCUT2D eigenvalue weighted by Gasteiger charge is 2.31. The largest absolute Gasteiger partial charge is 0.291 e. The molecule has 2 aromatic heterocycles. The van der Waals surface area contributed by atoms with Crippen molar-refractivity contribution < 1.29 is 0 Å². The van der Waals surface area contributed by atoms with Crippen LogP contribution in [0.4, 0.5) is 17.2 Å². The van der Waals surface area contributed by atoms with Crippen molar-refractivity contribution in [2.45, 2.75) is 0 Å². The van der Waals surface area contributed by atoms with Gasteiger partial charge < -0.3 is 0 Å². The zero-order valence-electron chi connectivity index (χ0n) is 23.5. The lowest BCUT2D eigenvalue weighted by Crippen LogP contribution is -2.18. The monoisotopic (exact) mass is 577 g/mol. The summed E-state index contributed by atoms with van der Waals surface area (Å²) in [5.74, 6) is 0.841. The summed E-state index contributed by atoms with van der Waals surface area (Å²) in [5, 5.41) is 7.37. The van der Waals surface area contributed by atoms with E-state index in [1.54, 1.807) is 0 Å². The number of rotatable bonds is 2. The molecule has 0 unspecified atom stereocenters. The third-order valence-corrected chi connectivity index (χ3v) is 10.2. The van der Waals surface area contributed by atoms with Gasteiger partial charge in [-0.15, -0.1) is 11.3 Å². The molecule has 0 spiro atoms. The van der Waals surface area contributed by atoms with Crippen molar-refractivity contribution in [3.05, 3.63) is 140 Å². The zero-order valence-corrected chi connectivity index (χ0v) is 24.3. The number of anilines is 3. The van der Waals surface area contributed by atoms with Crippen LogP contribution in [0.25, 0.3) is 75.1 Å². The predicted molar refractivity (Wildman–Crippen MR) is 187 cm³/mol. The highest BCUT2D eigenvalue weighted by atomic mass is 32.1. The van der Waals surface area contributed by atoms with Gasteiger partial charge in [-0.05, 0) is 40.6 Å². The lowest BCUT2D eigenvalue weighted by Gasteiger charge is -2.34. The Labute approximate surface area is 257 Å². The van der Waals surface area contributed by atoms with Gasteiger partial charge in [0, 0.05) is 42.1 Å². The van der Waals surface area contributed by atoms with E-state index in [4.69, 9.17) is 9.97 Å². The van der Waals surface area contributed by atoms with Crippen molar-refractivity contribution in [2.75, 3.05) is 4.90 Å². The fourth-order valence-electron chi connectivity index (χ4n) is 7.05. The maximum Gasteiger partial charge on any atom is 0.165 e. The van der Waals surface area contributed by atoms with Gasteiger partial charge in [0.1, 0.15) is 5.69 Å². The Morgan fingerprint density at radius 3 is 2.07 bits per heavy atom. The molecule has 0 atom stereocenters. The molecule has 0 fully saturated rings. The van der Waals surface area contributed by atoms with Crippen molar-refractivity contribution in [1.82, 2.24) is 9.97 Å². The number of aromatic nitrogens is 2. The van der Waals surface area contributed by atoms with Crippen LogP contribution >= 0.6 is 11.3 Å². The molecule has 1 aliphatic rings. The third kappa shape index (κ3) is 3.26. The van der Waals surface area contributed by atoms with Crippen LogP contribution in [-0.4, -0.2) is 9.97 Å². The van der Waals surface area contributed by atoms with E-state index >= 15 is 0 Å². The molecule has 3 nitrogen and oxygen atoms in total. The van der Waals surface area contributed by atoms with Crippen molar-refractivity contribution in [3.8, 4) is 22.4 Å². The van der Waals surface area contributed by atoms with E-state index in [0.717, 1.165) is 39.5 Å². The van der Waals surface area contributed by atoms with Gasteiger partial charge >= 0.3 is 0 Å². The van der Waals surface area contributed by atoms with E-state index in [0.29, 0.717) is 0 Å². The average Bonchev–Trinajstić information content (AvgIpc) is 3.47. The molecule has 0 bridgehead atoms. The van der Waals surface area contributed by atoms with Crippen LogP contribution in [0.5, 0.6) is 0 Å². The van der Waals surface area contributed by atoms with Crippen molar-refractivity contribution in [3.63, 3.8) is 0 Å². The lowest BCUT2D eigenvalue weighted by molar-refractivity contribution is 1.18. The van der Waals surface area contributed by atoms with Gasteiger partial charge in [0.15, 0.2) is 5.82 Å². The molecule has 10 rings (SSSR count). The van der Waals surface area contributed by atoms with Crippen LogP contribution in [-0.2, 0) is 0 Å². The maximum absolute atomic E-state index is 5.47. The Kier molecular flexibility index (Phi) is 4.87. The fraction of sp³-hybridized carbons (Fsp3) is 0. The molecular formula is C40H23N3S. The number of thiophene rings is 1. The van der Waals surface area contributed by atoms with Gasteiger partial charge in [0.05, 0.1) is 22.4 Å². The van der Waals surface area contributed by atoms with Gasteiger partial charge in [-0.25, -0.2) is 9.97 Å². The Morgan fingerprint density at radius 1 is 0.477 bits per heavy atom. The first-order chi connectivity index (χ1) is 21.8. The number of para-hydroxylation sites is 2. The molecule has 204 valence electrons. The van der Waals surface area contributed by atoms with E-state index in [2.05, 4.69) is 132 Å². The summed E-state index contributed by atoms with van der Waals surface area (Å²) in [6, 6.07) is 49.9. The molecule has 0 amide bonds. The Morgan fingerprint density at radius 2 is 1.16 bits per heavy atom. The second kappa shape index (κ2) is 8.96. The summed E-state index contributed by atoms with van der Waals surface area (Å²) >= 11 is 1.83. The molecule has 0 saturated heterocycles. The smallest absolute Gasteiger partial charge is 0.165 e. The summed E-state index contributed by atoms with van der Waals surface area (Å²) in [5.41, 5.74) is 8.47. The normalized spacial score (nSPS) is 12.5. The van der Waals surface area contributed by atoms with Gasteiger partial charge in [-0.3, -0.25) is 4.90 Å². The van der Waals surface area contributed by atoms with E-state index in [9.17, 15) is 0 Å². The van der Waals surface area contributed by atoms with Crippen molar-refractivity contribution in [1.29, 1.82) is 0 Å². The van der Waals surface area contributed by atoms with Crippen molar-refractivity contribution in [2.24, 2.45) is 0 Å². The van der Waals surface area contributed by atoms with E-state index in [1.165, 1.54) is 52.8 Å². The summed E-state index contributed by atoms with van der Waals surface area (Å²) in [4.78, 5) is 13.3. The molecule has 44 heavy (non-hydrogen) atoms. The second-order valence-electron chi connectivity index (χ2n) is 11.4. The molecular weight excluding hydrogens is 555 g/mol. The first kappa shape index (κ1) is 23.9. The molecule has 0 saturated carbocycles. The minimum Gasteiger partial charge on any atom is -0.291 e. The molecule has 7 aromatic carbocycles. The van der Waals surface area contributed by atoms with E-state index in [-0.39, 0.29) is 0 Å². The van der Waals surface area contributed by atoms with E-state index < -0.39 is 0 Å². The molecule has 4 heteroatoms. The van der Waals surface area contributed by atoms with Crippen LogP contribution in [0.15, 0.2) is 140 Å². The van der Waals surface area contributed by atoms with Crippen LogP contribution in [0.2, 0.25) is 0 Å². The standard InChI is InChI=1S/C40H23N3S/c1-2-13-26-24(10-1)22-23-29-28-15-7-11-25-12-8-20-34(36(25)28)43(38(26)29)40-37(41-32-18-4-5-19-33(32)42-40)31-17-9-16-30-27-14-3-6-21-35(27)44-39(30)31/h1-23H. The number of benzene rings is 7. The molecule has 1 aliphatic heterocycles. The molecule has 0 aliphatic carbocycles. The Balaban J connectivity index is 1.39. The van der Waals surface area contributed by atoms with Gasteiger partial charge in [0.2, 0.25) is 0 Å². The number of nitrogens with zero attached hydrogens (tertiary/aromatic N) is 3. The SMILES string of the molecule is c1ccc2c3c(ccc2c1)-c1cccc2cccc(c12)N3c1nc2ccccc2nc1-c1cccc2c1sc1ccccc12. The number of fused-ring (bicyclic) bond motifs is 8. The predicted octanol–water partition coefficient (Wildman–Crippen LogP) is 11.4. The first-order valence-corrected chi connectivity index (χ1v) is 15.7. The molecule has 9 aromatic rings. The van der Waals surface area contributed by atoms with Gasteiger partial charge in [-0.2, -0.15) is 0 Å². The Bertz CT molecular complexity index is 2630. The minimum atomic E-state index is 0.841. The molecule has 0 radical (unpaired) electrons. The quantitative estimate of drug-likeness (QED) is 0.205. The van der Waals surface area contributed by atoms with Gasteiger partial charge in [0.25, 0.3) is 0 Å². The second-order valence-corrected chi connectivity index (χ2v) is 12.4. The topological polar surface area (TPSA) is 29.0 Å². The van der Waals surface area contributed by atoms with Crippen LogP contribution in [0, 0.1) is 0 Å². The summed E-state index contributed by atoms with van der Waals surface area (Å²) in [7, 11) is 0. The van der Waals surface area contributed by atoms with Crippen LogP contribution in [0.1, 0.15) is 0 Å². The van der Waals surface area contributed by atoms with Crippen LogP contribution in [0.3, 0.4) is 0 Å². The average molecular weight is 578 g/mol. The summed E-state index contributed by atoms with van der Waals surface area (Å²) in [6.45, 7) is 0. The van der Waals surface area contributed by atoms with E-state index in [1.807, 2.05) is 23.5 Å². The maximum atomic E-state index is 5.47. The highest BCUT2D eigenvalue weighted by Crippen LogP contribution is 2.54. The first-order valence-electron chi connectivity index (χ1n) is 14.8. The number of hydrogen-bond acceptors (Lipinski definition) is 4. The zero-order chi connectivity index (χ0) is 28.8. The minimum absolute atomic E-state index is 0.841. The van der Waals surface area contributed by atoms with Gasteiger partial charge in [-0.1, -0.05) is 115 Å².